The second-order valence-corrected chi connectivity index (χ2v) is 5.32. The summed E-state index contributed by atoms with van der Waals surface area (Å²) < 4.78 is 18.3. The molecule has 5 heteroatoms. The summed E-state index contributed by atoms with van der Waals surface area (Å²) in [6, 6.07) is 6.04. The highest BCUT2D eigenvalue weighted by Gasteiger charge is 2.14. The highest BCUT2D eigenvalue weighted by Crippen LogP contribution is 2.28. The van der Waals surface area contributed by atoms with Gasteiger partial charge in [-0.05, 0) is 37.1 Å². The Labute approximate surface area is 109 Å². The van der Waals surface area contributed by atoms with Crippen molar-refractivity contribution in [2.24, 2.45) is 0 Å². The van der Waals surface area contributed by atoms with E-state index in [0.29, 0.717) is 12.4 Å². The molecule has 0 saturated carbocycles. The highest BCUT2D eigenvalue weighted by molar-refractivity contribution is 7.12. The van der Waals surface area contributed by atoms with Crippen LogP contribution in [0.15, 0.2) is 24.3 Å². The normalized spacial score (nSPS) is 13.8. The van der Waals surface area contributed by atoms with Gasteiger partial charge in [-0.3, -0.25) is 0 Å². The Morgan fingerprint density at radius 1 is 1.33 bits per heavy atom. The van der Waals surface area contributed by atoms with Crippen LogP contribution in [0.25, 0.3) is 0 Å². The molecule has 0 radical (unpaired) electrons. The van der Waals surface area contributed by atoms with Crippen molar-refractivity contribution in [3.63, 3.8) is 0 Å². The van der Waals surface area contributed by atoms with Crippen molar-refractivity contribution in [1.29, 1.82) is 0 Å². The maximum Gasteiger partial charge on any atom is 0.140 e. The standard InChI is InChI=1S/C13H13FN2OS/c14-9-3-5-10(6-4-9)17-8-12-16-13-11(18-12)2-1-7-15-13/h3-6,15H,1-2,7-8H2. The lowest BCUT2D eigenvalue weighted by molar-refractivity contribution is 0.305. The molecule has 0 fully saturated rings. The second kappa shape index (κ2) is 4.94. The van der Waals surface area contributed by atoms with E-state index < -0.39 is 0 Å². The SMILES string of the molecule is Fc1ccc(OCc2nc3c(s2)CCCN3)cc1. The van der Waals surface area contributed by atoms with Crippen molar-refractivity contribution in [3.05, 3.63) is 40.0 Å². The summed E-state index contributed by atoms with van der Waals surface area (Å²) >= 11 is 1.69. The van der Waals surface area contributed by atoms with Gasteiger partial charge in [-0.15, -0.1) is 11.3 Å². The Bertz CT molecular complexity index is 515. The average molecular weight is 264 g/mol. The van der Waals surface area contributed by atoms with Crippen LogP contribution in [0.2, 0.25) is 0 Å². The fourth-order valence-corrected chi connectivity index (χ4v) is 2.90. The zero-order chi connectivity index (χ0) is 12.4. The molecule has 1 aliphatic rings. The number of fused-ring (bicyclic) bond motifs is 1. The van der Waals surface area contributed by atoms with Crippen molar-refractivity contribution in [3.8, 4) is 5.75 Å². The van der Waals surface area contributed by atoms with Gasteiger partial charge in [0.2, 0.25) is 0 Å². The molecule has 2 aromatic rings. The molecule has 0 atom stereocenters. The number of rotatable bonds is 3. The Hall–Kier alpha value is -1.62. The van der Waals surface area contributed by atoms with E-state index >= 15 is 0 Å². The molecule has 0 spiro atoms. The van der Waals surface area contributed by atoms with Crippen LogP contribution in [0.4, 0.5) is 10.2 Å². The molecular formula is C13H13FN2OS. The Balaban J connectivity index is 1.66. The number of nitrogens with zero attached hydrogens (tertiary/aromatic N) is 1. The quantitative estimate of drug-likeness (QED) is 0.924. The number of hydrogen-bond acceptors (Lipinski definition) is 4. The van der Waals surface area contributed by atoms with E-state index in [1.54, 1.807) is 23.5 Å². The van der Waals surface area contributed by atoms with Crippen molar-refractivity contribution in [2.75, 3.05) is 11.9 Å². The first-order chi connectivity index (χ1) is 8.81. The molecule has 1 aromatic heterocycles. The second-order valence-electron chi connectivity index (χ2n) is 4.15. The molecule has 0 unspecified atom stereocenters. The van der Waals surface area contributed by atoms with Crippen molar-refractivity contribution >= 4 is 17.2 Å². The first-order valence-electron chi connectivity index (χ1n) is 5.92. The molecule has 0 amide bonds. The third-order valence-electron chi connectivity index (χ3n) is 2.79. The lowest BCUT2D eigenvalue weighted by Crippen LogP contribution is -2.09. The van der Waals surface area contributed by atoms with E-state index in [-0.39, 0.29) is 5.82 Å². The maximum absolute atomic E-state index is 12.7. The van der Waals surface area contributed by atoms with Crippen LogP contribution in [-0.2, 0) is 13.0 Å². The zero-order valence-corrected chi connectivity index (χ0v) is 10.6. The topological polar surface area (TPSA) is 34.1 Å². The van der Waals surface area contributed by atoms with Gasteiger partial charge in [0, 0.05) is 11.4 Å². The number of nitrogens with one attached hydrogen (secondary N) is 1. The lowest BCUT2D eigenvalue weighted by atomic mass is 10.2. The average Bonchev–Trinajstić information content (AvgIpc) is 2.81. The van der Waals surface area contributed by atoms with Gasteiger partial charge >= 0.3 is 0 Å². The predicted octanol–water partition coefficient (Wildman–Crippen LogP) is 3.22. The minimum Gasteiger partial charge on any atom is -0.486 e. The molecule has 0 saturated heterocycles. The monoisotopic (exact) mass is 264 g/mol. The Kier molecular flexibility index (Phi) is 3.15. The Morgan fingerprint density at radius 3 is 2.94 bits per heavy atom. The largest absolute Gasteiger partial charge is 0.486 e. The highest BCUT2D eigenvalue weighted by atomic mass is 32.1. The summed E-state index contributed by atoms with van der Waals surface area (Å²) in [4.78, 5) is 5.80. The molecule has 1 N–H and O–H groups in total. The Morgan fingerprint density at radius 2 is 2.17 bits per heavy atom. The minimum absolute atomic E-state index is 0.253. The number of benzene rings is 1. The van der Waals surface area contributed by atoms with E-state index in [9.17, 15) is 4.39 Å². The molecule has 1 aliphatic heterocycles. The summed E-state index contributed by atoms with van der Waals surface area (Å²) in [5.41, 5.74) is 0. The molecule has 94 valence electrons. The van der Waals surface area contributed by atoms with Crippen molar-refractivity contribution < 1.29 is 9.13 Å². The van der Waals surface area contributed by atoms with E-state index in [4.69, 9.17) is 4.74 Å². The number of anilines is 1. The van der Waals surface area contributed by atoms with Crippen LogP contribution in [0.5, 0.6) is 5.75 Å². The first-order valence-corrected chi connectivity index (χ1v) is 6.74. The van der Waals surface area contributed by atoms with E-state index in [0.717, 1.165) is 30.2 Å². The summed E-state index contributed by atoms with van der Waals surface area (Å²) in [6.07, 6.45) is 2.25. The fraction of sp³-hybridized carbons (Fsp3) is 0.308. The van der Waals surface area contributed by atoms with Crippen LogP contribution in [0, 0.1) is 5.82 Å². The number of halogens is 1. The van der Waals surface area contributed by atoms with E-state index in [2.05, 4.69) is 10.3 Å². The molecule has 2 heterocycles. The van der Waals surface area contributed by atoms with E-state index in [1.807, 2.05) is 0 Å². The lowest BCUT2D eigenvalue weighted by Gasteiger charge is -2.10. The van der Waals surface area contributed by atoms with Gasteiger partial charge in [-0.1, -0.05) is 0 Å². The number of ether oxygens (including phenoxy) is 1. The van der Waals surface area contributed by atoms with Gasteiger partial charge in [0.25, 0.3) is 0 Å². The van der Waals surface area contributed by atoms with Crippen LogP contribution in [0.3, 0.4) is 0 Å². The number of aryl methyl sites for hydroxylation is 1. The van der Waals surface area contributed by atoms with Crippen LogP contribution < -0.4 is 10.1 Å². The molecular weight excluding hydrogens is 251 g/mol. The third-order valence-corrected chi connectivity index (χ3v) is 3.88. The molecule has 0 aliphatic carbocycles. The number of thiazole rings is 1. The number of aromatic nitrogens is 1. The molecule has 3 nitrogen and oxygen atoms in total. The maximum atomic E-state index is 12.7. The van der Waals surface area contributed by atoms with Crippen LogP contribution in [0.1, 0.15) is 16.3 Å². The number of hydrogen-bond donors (Lipinski definition) is 1. The van der Waals surface area contributed by atoms with Crippen molar-refractivity contribution in [1.82, 2.24) is 4.98 Å². The van der Waals surface area contributed by atoms with E-state index in [1.165, 1.54) is 17.0 Å². The molecule has 0 bridgehead atoms. The molecule has 18 heavy (non-hydrogen) atoms. The van der Waals surface area contributed by atoms with Crippen LogP contribution in [-0.4, -0.2) is 11.5 Å². The van der Waals surface area contributed by atoms with Crippen LogP contribution >= 0.6 is 11.3 Å². The molecule has 1 aromatic carbocycles. The molecule has 3 rings (SSSR count). The van der Waals surface area contributed by atoms with Crippen molar-refractivity contribution in [2.45, 2.75) is 19.4 Å². The van der Waals surface area contributed by atoms with Gasteiger partial charge in [-0.25, -0.2) is 9.37 Å². The predicted molar refractivity (Wildman–Crippen MR) is 69.7 cm³/mol. The van der Waals surface area contributed by atoms with Gasteiger partial charge in [0.1, 0.15) is 29.0 Å². The van der Waals surface area contributed by atoms with Gasteiger partial charge < -0.3 is 10.1 Å². The van der Waals surface area contributed by atoms with Gasteiger partial charge in [-0.2, -0.15) is 0 Å². The first kappa shape index (κ1) is 11.5. The van der Waals surface area contributed by atoms with Gasteiger partial charge in [0.15, 0.2) is 0 Å². The summed E-state index contributed by atoms with van der Waals surface area (Å²) in [7, 11) is 0. The zero-order valence-electron chi connectivity index (χ0n) is 9.78. The minimum atomic E-state index is -0.253. The fourth-order valence-electron chi connectivity index (χ4n) is 1.90. The van der Waals surface area contributed by atoms with Gasteiger partial charge in [0.05, 0.1) is 0 Å². The summed E-state index contributed by atoms with van der Waals surface area (Å²) in [6.45, 7) is 1.43. The summed E-state index contributed by atoms with van der Waals surface area (Å²) in [5, 5.41) is 4.24. The summed E-state index contributed by atoms with van der Waals surface area (Å²) in [5.74, 6) is 1.41. The smallest absolute Gasteiger partial charge is 0.140 e. The third kappa shape index (κ3) is 2.46.